The first-order valence-electron chi connectivity index (χ1n) is 6.35. The third kappa shape index (κ3) is 1.94. The van der Waals surface area contributed by atoms with Crippen LogP contribution in [0.4, 0.5) is 5.69 Å². The standard InChI is InChI=1S/C16H17NO/c1-12-10-13(6-7-16(12)18)11-17-9-8-14-4-2-3-5-15(14)17/h2-7,10,18H,8-9,11H2,1H3. The molecule has 3 rings (SSSR count). The van der Waals surface area contributed by atoms with Crippen LogP contribution in [-0.2, 0) is 13.0 Å². The zero-order valence-electron chi connectivity index (χ0n) is 10.6. The Hall–Kier alpha value is -1.96. The molecule has 0 radical (unpaired) electrons. The van der Waals surface area contributed by atoms with Crippen molar-refractivity contribution in [2.24, 2.45) is 0 Å². The van der Waals surface area contributed by atoms with Gasteiger partial charge in [0.05, 0.1) is 0 Å². The number of rotatable bonds is 2. The molecule has 1 aliphatic rings. The molecular formula is C16H17NO. The number of para-hydroxylation sites is 1. The summed E-state index contributed by atoms with van der Waals surface area (Å²) in [5.74, 6) is 0.376. The van der Waals surface area contributed by atoms with Gasteiger partial charge in [0.25, 0.3) is 0 Å². The number of hydrogen-bond donors (Lipinski definition) is 1. The Morgan fingerprint density at radius 3 is 2.83 bits per heavy atom. The summed E-state index contributed by atoms with van der Waals surface area (Å²) in [6.07, 6.45) is 1.13. The molecule has 1 aliphatic heterocycles. The molecule has 1 heterocycles. The van der Waals surface area contributed by atoms with Crippen molar-refractivity contribution in [1.82, 2.24) is 0 Å². The summed E-state index contributed by atoms with van der Waals surface area (Å²) in [7, 11) is 0. The molecule has 0 fully saturated rings. The molecule has 0 saturated carbocycles. The van der Waals surface area contributed by atoms with Gasteiger partial charge in [0.2, 0.25) is 0 Å². The van der Waals surface area contributed by atoms with Gasteiger partial charge in [-0.15, -0.1) is 0 Å². The van der Waals surface area contributed by atoms with Gasteiger partial charge in [-0.1, -0.05) is 30.3 Å². The highest BCUT2D eigenvalue weighted by molar-refractivity contribution is 5.58. The van der Waals surface area contributed by atoms with Gasteiger partial charge < -0.3 is 10.0 Å². The minimum absolute atomic E-state index is 0.376. The van der Waals surface area contributed by atoms with Gasteiger partial charge in [0.1, 0.15) is 5.75 Å². The monoisotopic (exact) mass is 239 g/mol. The Labute approximate surface area is 107 Å². The van der Waals surface area contributed by atoms with E-state index in [2.05, 4.69) is 35.2 Å². The van der Waals surface area contributed by atoms with Crippen LogP contribution in [0.3, 0.4) is 0 Å². The van der Waals surface area contributed by atoms with E-state index in [1.54, 1.807) is 6.07 Å². The molecule has 0 unspecified atom stereocenters. The molecule has 0 bridgehead atoms. The molecule has 2 nitrogen and oxygen atoms in total. The zero-order valence-corrected chi connectivity index (χ0v) is 10.6. The summed E-state index contributed by atoms with van der Waals surface area (Å²) in [5.41, 5.74) is 4.98. The number of aromatic hydroxyl groups is 1. The second-order valence-corrected chi connectivity index (χ2v) is 4.92. The van der Waals surface area contributed by atoms with Gasteiger partial charge >= 0.3 is 0 Å². The van der Waals surface area contributed by atoms with Crippen LogP contribution in [0.15, 0.2) is 42.5 Å². The highest BCUT2D eigenvalue weighted by Crippen LogP contribution is 2.29. The lowest BCUT2D eigenvalue weighted by atomic mass is 10.1. The first kappa shape index (κ1) is 11.1. The molecule has 92 valence electrons. The summed E-state index contributed by atoms with van der Waals surface area (Å²) in [6, 6.07) is 14.4. The van der Waals surface area contributed by atoms with Crippen molar-refractivity contribution < 1.29 is 5.11 Å². The summed E-state index contributed by atoms with van der Waals surface area (Å²) in [5, 5.41) is 9.55. The topological polar surface area (TPSA) is 23.5 Å². The van der Waals surface area contributed by atoms with E-state index in [-0.39, 0.29) is 0 Å². The fraction of sp³-hybridized carbons (Fsp3) is 0.250. The van der Waals surface area contributed by atoms with Gasteiger partial charge in [-0.2, -0.15) is 0 Å². The SMILES string of the molecule is Cc1cc(CN2CCc3ccccc32)ccc1O. The summed E-state index contributed by atoms with van der Waals surface area (Å²) < 4.78 is 0. The number of aryl methyl sites for hydroxylation is 1. The van der Waals surface area contributed by atoms with Crippen molar-refractivity contribution in [1.29, 1.82) is 0 Å². The molecule has 1 N–H and O–H groups in total. The lowest BCUT2D eigenvalue weighted by Gasteiger charge is -2.19. The fourth-order valence-electron chi connectivity index (χ4n) is 2.61. The molecule has 0 atom stereocenters. The molecule has 0 amide bonds. The number of phenols is 1. The minimum atomic E-state index is 0.376. The normalized spacial score (nSPS) is 13.7. The highest BCUT2D eigenvalue weighted by Gasteiger charge is 2.18. The largest absolute Gasteiger partial charge is 0.508 e. The number of phenolic OH excluding ortho intramolecular Hbond substituents is 1. The van der Waals surface area contributed by atoms with E-state index < -0.39 is 0 Å². The smallest absolute Gasteiger partial charge is 0.118 e. The lowest BCUT2D eigenvalue weighted by molar-refractivity contribution is 0.471. The Bertz CT molecular complexity index is 577. The summed E-state index contributed by atoms with van der Waals surface area (Å²) in [6.45, 7) is 3.94. The molecule has 2 aromatic rings. The molecule has 2 aromatic carbocycles. The highest BCUT2D eigenvalue weighted by atomic mass is 16.3. The maximum absolute atomic E-state index is 9.55. The van der Waals surface area contributed by atoms with E-state index in [0.717, 1.165) is 25.1 Å². The first-order chi connectivity index (χ1) is 8.74. The van der Waals surface area contributed by atoms with E-state index in [9.17, 15) is 5.11 Å². The number of hydrogen-bond acceptors (Lipinski definition) is 2. The summed E-state index contributed by atoms with van der Waals surface area (Å²) in [4.78, 5) is 2.40. The van der Waals surface area contributed by atoms with E-state index in [0.29, 0.717) is 5.75 Å². The Morgan fingerprint density at radius 2 is 2.00 bits per heavy atom. The Morgan fingerprint density at radius 1 is 1.17 bits per heavy atom. The van der Waals surface area contributed by atoms with Crippen molar-refractivity contribution in [2.75, 3.05) is 11.4 Å². The van der Waals surface area contributed by atoms with Crippen LogP contribution >= 0.6 is 0 Å². The van der Waals surface area contributed by atoms with Crippen molar-refractivity contribution in [3.05, 3.63) is 59.2 Å². The molecule has 0 aromatic heterocycles. The third-order valence-corrected chi connectivity index (χ3v) is 3.62. The maximum atomic E-state index is 9.55. The Kier molecular flexibility index (Phi) is 2.71. The van der Waals surface area contributed by atoms with Gasteiger partial charge in [0.15, 0.2) is 0 Å². The lowest BCUT2D eigenvalue weighted by Crippen LogP contribution is -2.19. The molecule has 0 aliphatic carbocycles. The maximum Gasteiger partial charge on any atom is 0.118 e. The first-order valence-corrected chi connectivity index (χ1v) is 6.35. The van der Waals surface area contributed by atoms with Gasteiger partial charge in [-0.05, 0) is 42.2 Å². The number of benzene rings is 2. The second-order valence-electron chi connectivity index (χ2n) is 4.92. The summed E-state index contributed by atoms with van der Waals surface area (Å²) >= 11 is 0. The van der Waals surface area contributed by atoms with Crippen LogP contribution in [-0.4, -0.2) is 11.7 Å². The number of fused-ring (bicyclic) bond motifs is 1. The predicted molar refractivity (Wildman–Crippen MR) is 74.0 cm³/mol. The average molecular weight is 239 g/mol. The average Bonchev–Trinajstić information content (AvgIpc) is 2.78. The fourth-order valence-corrected chi connectivity index (χ4v) is 2.61. The predicted octanol–water partition coefficient (Wildman–Crippen LogP) is 3.26. The Balaban J connectivity index is 1.84. The van der Waals surface area contributed by atoms with Crippen LogP contribution < -0.4 is 4.90 Å². The van der Waals surface area contributed by atoms with Crippen LogP contribution in [0.25, 0.3) is 0 Å². The second kappa shape index (κ2) is 4.37. The van der Waals surface area contributed by atoms with Crippen LogP contribution in [0.1, 0.15) is 16.7 Å². The van der Waals surface area contributed by atoms with Crippen molar-refractivity contribution in [2.45, 2.75) is 19.9 Å². The van der Waals surface area contributed by atoms with E-state index in [1.807, 2.05) is 13.0 Å². The van der Waals surface area contributed by atoms with E-state index in [1.165, 1.54) is 16.8 Å². The third-order valence-electron chi connectivity index (χ3n) is 3.62. The molecule has 2 heteroatoms. The van der Waals surface area contributed by atoms with Crippen LogP contribution in [0, 0.1) is 6.92 Å². The number of nitrogens with zero attached hydrogens (tertiary/aromatic N) is 1. The van der Waals surface area contributed by atoms with Gasteiger partial charge in [0, 0.05) is 18.8 Å². The van der Waals surface area contributed by atoms with Gasteiger partial charge in [-0.25, -0.2) is 0 Å². The molecule has 0 spiro atoms. The van der Waals surface area contributed by atoms with E-state index >= 15 is 0 Å². The van der Waals surface area contributed by atoms with Gasteiger partial charge in [-0.3, -0.25) is 0 Å². The van der Waals surface area contributed by atoms with Crippen molar-refractivity contribution in [3.63, 3.8) is 0 Å². The molecule has 0 saturated heterocycles. The number of anilines is 1. The molecular weight excluding hydrogens is 222 g/mol. The van der Waals surface area contributed by atoms with Crippen molar-refractivity contribution in [3.8, 4) is 5.75 Å². The quantitative estimate of drug-likeness (QED) is 0.869. The zero-order chi connectivity index (χ0) is 12.5. The molecule has 18 heavy (non-hydrogen) atoms. The van der Waals surface area contributed by atoms with Crippen LogP contribution in [0.5, 0.6) is 5.75 Å². The van der Waals surface area contributed by atoms with E-state index in [4.69, 9.17) is 0 Å². The van der Waals surface area contributed by atoms with Crippen LogP contribution in [0.2, 0.25) is 0 Å². The van der Waals surface area contributed by atoms with Crippen molar-refractivity contribution >= 4 is 5.69 Å². The minimum Gasteiger partial charge on any atom is -0.508 e.